The number of fused-ring (bicyclic) bond motifs is 1. The molecule has 3 heterocycles. The minimum absolute atomic E-state index is 0.174. The van der Waals surface area contributed by atoms with Crippen LogP contribution in [0.25, 0.3) is 22.2 Å². The van der Waals surface area contributed by atoms with Gasteiger partial charge in [0, 0.05) is 48.2 Å². The molecule has 7 heteroatoms. The Morgan fingerprint density at radius 2 is 1.79 bits per heavy atom. The Morgan fingerprint density at radius 1 is 1.06 bits per heavy atom. The van der Waals surface area contributed by atoms with Crippen LogP contribution in [0.15, 0.2) is 42.5 Å². The Kier molecular flexibility index (Phi) is 4.57. The number of aromatic nitrogens is 2. The molecule has 3 aliphatic rings. The number of phenols is 1. The van der Waals surface area contributed by atoms with Crippen LogP contribution >= 0.6 is 0 Å². The van der Waals surface area contributed by atoms with Crippen LogP contribution in [0.1, 0.15) is 45.1 Å². The molecule has 6 rings (SSSR count). The number of aromatic hydroxyl groups is 1. The van der Waals surface area contributed by atoms with E-state index in [0.717, 1.165) is 37.1 Å². The molecule has 2 aromatic carbocycles. The van der Waals surface area contributed by atoms with E-state index in [2.05, 4.69) is 27.2 Å². The normalized spacial score (nSPS) is 19.1. The van der Waals surface area contributed by atoms with Gasteiger partial charge in [0.1, 0.15) is 11.4 Å². The third-order valence-electron chi connectivity index (χ3n) is 7.03. The fraction of sp³-hybridized carbons (Fsp3) is 0.444. The Hall–Kier alpha value is -3.35. The van der Waals surface area contributed by atoms with Crippen molar-refractivity contribution in [3.63, 3.8) is 0 Å². The maximum absolute atomic E-state index is 12.3. The molecule has 7 nitrogen and oxygen atoms in total. The molecule has 176 valence electrons. The second-order valence-electron chi connectivity index (χ2n) is 11.2. The average Bonchev–Trinajstić information content (AvgIpc) is 3.55. The molecule has 0 atom stereocenters. The van der Waals surface area contributed by atoms with Crippen molar-refractivity contribution in [2.24, 2.45) is 5.41 Å². The minimum atomic E-state index is -0.462. The summed E-state index contributed by atoms with van der Waals surface area (Å²) in [5.41, 5.74) is 4.58. The first-order chi connectivity index (χ1) is 16.2. The number of likely N-dealkylation sites (tertiary alicyclic amines) is 1. The number of hydrogen-bond acceptors (Lipinski definition) is 6. The van der Waals surface area contributed by atoms with Crippen molar-refractivity contribution in [1.29, 1.82) is 0 Å². The van der Waals surface area contributed by atoms with Crippen molar-refractivity contribution >= 4 is 22.7 Å². The predicted molar refractivity (Wildman–Crippen MR) is 131 cm³/mol. The highest BCUT2D eigenvalue weighted by molar-refractivity contribution is 5.88. The molecule has 3 aromatic rings. The van der Waals surface area contributed by atoms with Gasteiger partial charge in [0.15, 0.2) is 0 Å². The number of rotatable bonds is 3. The fourth-order valence-corrected chi connectivity index (χ4v) is 5.27. The van der Waals surface area contributed by atoms with Crippen LogP contribution in [0.5, 0.6) is 5.75 Å². The number of nitrogens with zero attached hydrogens (tertiary/aromatic N) is 4. The third kappa shape index (κ3) is 3.73. The number of carbonyl (C=O) groups excluding carboxylic acids is 1. The zero-order valence-corrected chi connectivity index (χ0v) is 19.9. The molecule has 34 heavy (non-hydrogen) atoms. The maximum Gasteiger partial charge on any atom is 0.410 e. The number of ether oxygens (including phenoxy) is 1. The highest BCUT2D eigenvalue weighted by Gasteiger charge is 2.54. The molecular weight excluding hydrogens is 428 g/mol. The Balaban J connectivity index is 1.22. The van der Waals surface area contributed by atoms with Crippen molar-refractivity contribution in [3.8, 4) is 17.0 Å². The van der Waals surface area contributed by atoms with Crippen LogP contribution in [0.2, 0.25) is 0 Å². The highest BCUT2D eigenvalue weighted by atomic mass is 16.6. The fourth-order valence-electron chi connectivity index (χ4n) is 5.27. The Morgan fingerprint density at radius 3 is 2.47 bits per heavy atom. The van der Waals surface area contributed by atoms with Crippen molar-refractivity contribution < 1.29 is 14.6 Å². The van der Waals surface area contributed by atoms with Gasteiger partial charge < -0.3 is 19.6 Å². The second-order valence-corrected chi connectivity index (χ2v) is 11.2. The SMILES string of the molecule is CC(C)(C)OC(=O)N1CC2(C1)CN(c1cc3nnc(-c4ccccc4O)cc3cc1C1CC1)C2. The van der Waals surface area contributed by atoms with Crippen molar-refractivity contribution in [2.75, 3.05) is 31.1 Å². The smallest absolute Gasteiger partial charge is 0.410 e. The quantitative estimate of drug-likeness (QED) is 0.599. The highest BCUT2D eigenvalue weighted by Crippen LogP contribution is 2.50. The van der Waals surface area contributed by atoms with E-state index in [4.69, 9.17) is 4.74 Å². The molecule has 3 fully saturated rings. The molecule has 1 aromatic heterocycles. The molecular formula is C27H30N4O3. The predicted octanol–water partition coefficient (Wildman–Crippen LogP) is 4.94. The summed E-state index contributed by atoms with van der Waals surface area (Å²) >= 11 is 0. The molecule has 2 saturated heterocycles. The molecule has 1 amide bonds. The van der Waals surface area contributed by atoms with E-state index in [1.165, 1.54) is 24.1 Å². The standard InChI is InChI=1S/C27H30N4O3/c1-26(2,3)34-25(33)31-15-27(16-31)13-30(14-27)23-12-21-18(10-20(23)17-8-9-17)11-22(29-28-21)19-6-4-5-7-24(19)32/h4-7,10-12,17,32H,8-9,13-16H2,1-3H3. The lowest BCUT2D eigenvalue weighted by Crippen LogP contribution is -2.73. The van der Waals surface area contributed by atoms with Crippen molar-refractivity contribution in [1.82, 2.24) is 15.1 Å². The van der Waals surface area contributed by atoms with Crippen LogP contribution in [-0.4, -0.2) is 58.1 Å². The van der Waals surface area contributed by atoms with E-state index in [-0.39, 0.29) is 17.3 Å². The van der Waals surface area contributed by atoms with E-state index in [0.29, 0.717) is 17.2 Å². The van der Waals surface area contributed by atoms with Gasteiger partial charge in [0.05, 0.1) is 11.2 Å². The van der Waals surface area contributed by atoms with E-state index in [1.807, 2.05) is 43.9 Å². The molecule has 0 unspecified atom stereocenters. The number of carbonyl (C=O) groups is 1. The molecule has 1 spiro atoms. The summed E-state index contributed by atoms with van der Waals surface area (Å²) in [7, 11) is 0. The number of benzene rings is 2. The summed E-state index contributed by atoms with van der Waals surface area (Å²) in [5.74, 6) is 0.805. The molecule has 1 N–H and O–H groups in total. The zero-order chi connectivity index (χ0) is 23.7. The van der Waals surface area contributed by atoms with Crippen LogP contribution in [0.3, 0.4) is 0 Å². The minimum Gasteiger partial charge on any atom is -0.507 e. The van der Waals surface area contributed by atoms with Crippen molar-refractivity contribution in [3.05, 3.63) is 48.0 Å². The van der Waals surface area contributed by atoms with Crippen LogP contribution < -0.4 is 4.90 Å². The molecule has 2 aliphatic heterocycles. The van der Waals surface area contributed by atoms with Gasteiger partial charge in [0.2, 0.25) is 0 Å². The van der Waals surface area contributed by atoms with Gasteiger partial charge in [-0.15, -0.1) is 10.2 Å². The van der Waals surface area contributed by atoms with Crippen LogP contribution in [0, 0.1) is 5.41 Å². The first-order valence-electron chi connectivity index (χ1n) is 12.0. The molecule has 1 saturated carbocycles. The Labute approximate surface area is 199 Å². The van der Waals surface area contributed by atoms with E-state index < -0.39 is 5.60 Å². The van der Waals surface area contributed by atoms with Gasteiger partial charge in [0.25, 0.3) is 0 Å². The summed E-state index contributed by atoms with van der Waals surface area (Å²) in [4.78, 5) is 16.6. The lowest BCUT2D eigenvalue weighted by atomic mass is 9.72. The summed E-state index contributed by atoms with van der Waals surface area (Å²) in [6.07, 6.45) is 2.22. The third-order valence-corrected chi connectivity index (χ3v) is 7.03. The monoisotopic (exact) mass is 458 g/mol. The van der Waals surface area contributed by atoms with Crippen LogP contribution in [0.4, 0.5) is 10.5 Å². The zero-order valence-electron chi connectivity index (χ0n) is 19.9. The van der Waals surface area contributed by atoms with Crippen molar-refractivity contribution in [2.45, 2.75) is 45.1 Å². The summed E-state index contributed by atoms with van der Waals surface area (Å²) in [5, 5.41) is 20.2. The van der Waals surface area contributed by atoms with Gasteiger partial charge in [-0.05, 0) is 75.4 Å². The molecule has 0 bridgehead atoms. The van der Waals surface area contributed by atoms with Gasteiger partial charge in [-0.3, -0.25) is 0 Å². The van der Waals surface area contributed by atoms with Gasteiger partial charge in [-0.2, -0.15) is 0 Å². The van der Waals surface area contributed by atoms with E-state index in [1.54, 1.807) is 12.1 Å². The number of phenolic OH excluding ortho intramolecular Hbond substituents is 1. The largest absolute Gasteiger partial charge is 0.507 e. The lowest BCUT2D eigenvalue weighted by Gasteiger charge is -2.60. The summed E-state index contributed by atoms with van der Waals surface area (Å²) < 4.78 is 5.51. The van der Waals surface area contributed by atoms with Gasteiger partial charge in [-0.1, -0.05) is 12.1 Å². The van der Waals surface area contributed by atoms with Gasteiger partial charge in [-0.25, -0.2) is 4.79 Å². The average molecular weight is 459 g/mol. The number of amides is 1. The maximum atomic E-state index is 12.3. The number of hydrogen-bond donors (Lipinski definition) is 1. The summed E-state index contributed by atoms with van der Waals surface area (Å²) in [6.45, 7) is 9.11. The molecule has 0 radical (unpaired) electrons. The Bertz CT molecular complexity index is 1280. The van der Waals surface area contributed by atoms with Gasteiger partial charge >= 0.3 is 6.09 Å². The lowest BCUT2D eigenvalue weighted by molar-refractivity contribution is -0.0453. The van der Waals surface area contributed by atoms with Crippen LogP contribution in [-0.2, 0) is 4.74 Å². The molecule has 1 aliphatic carbocycles. The second kappa shape index (κ2) is 7.32. The topological polar surface area (TPSA) is 78.8 Å². The van der Waals surface area contributed by atoms with E-state index >= 15 is 0 Å². The van der Waals surface area contributed by atoms with E-state index in [9.17, 15) is 9.90 Å². The first-order valence-corrected chi connectivity index (χ1v) is 12.0. The summed E-state index contributed by atoms with van der Waals surface area (Å²) in [6, 6.07) is 13.7. The first kappa shape index (κ1) is 21.2. The number of para-hydroxylation sites is 1. The number of anilines is 1.